The predicted octanol–water partition coefficient (Wildman–Crippen LogP) is 0.163. The van der Waals surface area contributed by atoms with Crippen LogP contribution in [0.5, 0.6) is 0 Å². The van der Waals surface area contributed by atoms with Gasteiger partial charge in [0.2, 0.25) is 0 Å². The molecular formula is C9H11N5. The smallest absolute Gasteiger partial charge is 0.156 e. The van der Waals surface area contributed by atoms with Crippen molar-refractivity contribution < 1.29 is 0 Å². The van der Waals surface area contributed by atoms with Crippen molar-refractivity contribution in [3.63, 3.8) is 0 Å². The molecule has 2 aromatic heterocycles. The van der Waals surface area contributed by atoms with Crippen LogP contribution >= 0.6 is 0 Å². The molecule has 0 unspecified atom stereocenters. The molecule has 0 aromatic carbocycles. The number of rotatable bonds is 3. The average Bonchev–Trinajstić information content (AvgIpc) is 2.68. The summed E-state index contributed by atoms with van der Waals surface area (Å²) >= 11 is 0. The number of hydrogen-bond acceptors (Lipinski definition) is 4. The van der Waals surface area contributed by atoms with Crippen LogP contribution in [-0.2, 0) is 6.42 Å². The van der Waals surface area contributed by atoms with Gasteiger partial charge < -0.3 is 5.73 Å². The van der Waals surface area contributed by atoms with Crippen LogP contribution in [0.15, 0.2) is 31.0 Å². The molecule has 72 valence electrons. The van der Waals surface area contributed by atoms with Gasteiger partial charge in [-0.05, 0) is 18.5 Å². The molecule has 14 heavy (non-hydrogen) atoms. The summed E-state index contributed by atoms with van der Waals surface area (Å²) in [6.07, 6.45) is 7.75. The SMILES string of the molecule is NCCc1cnn(-c2ccncn2)c1. The molecule has 0 aliphatic carbocycles. The second-order valence-electron chi connectivity index (χ2n) is 2.90. The van der Waals surface area contributed by atoms with E-state index in [1.54, 1.807) is 23.1 Å². The van der Waals surface area contributed by atoms with Crippen LogP contribution < -0.4 is 5.73 Å². The molecule has 2 N–H and O–H groups in total. The average molecular weight is 189 g/mol. The summed E-state index contributed by atoms with van der Waals surface area (Å²) in [6, 6.07) is 1.80. The normalized spacial score (nSPS) is 10.4. The third kappa shape index (κ3) is 1.77. The first kappa shape index (κ1) is 8.83. The van der Waals surface area contributed by atoms with Crippen molar-refractivity contribution in [2.24, 2.45) is 5.73 Å². The summed E-state index contributed by atoms with van der Waals surface area (Å²) in [5.74, 6) is 0.767. The molecule has 5 nitrogen and oxygen atoms in total. The van der Waals surface area contributed by atoms with Gasteiger partial charge in [-0.1, -0.05) is 0 Å². The van der Waals surface area contributed by atoms with E-state index in [-0.39, 0.29) is 0 Å². The molecule has 0 bridgehead atoms. The number of hydrogen-bond donors (Lipinski definition) is 1. The molecule has 0 atom stereocenters. The van der Waals surface area contributed by atoms with Gasteiger partial charge in [-0.25, -0.2) is 14.6 Å². The first-order valence-corrected chi connectivity index (χ1v) is 4.40. The fourth-order valence-corrected chi connectivity index (χ4v) is 1.20. The van der Waals surface area contributed by atoms with Gasteiger partial charge in [0.05, 0.1) is 6.20 Å². The van der Waals surface area contributed by atoms with E-state index in [0.717, 1.165) is 17.8 Å². The van der Waals surface area contributed by atoms with Crippen LogP contribution in [0, 0.1) is 0 Å². The fraction of sp³-hybridized carbons (Fsp3) is 0.222. The van der Waals surface area contributed by atoms with Crippen LogP contribution in [0.4, 0.5) is 0 Å². The molecular weight excluding hydrogens is 178 g/mol. The molecule has 0 saturated carbocycles. The highest BCUT2D eigenvalue weighted by Crippen LogP contribution is 2.03. The highest BCUT2D eigenvalue weighted by molar-refractivity contribution is 5.20. The molecule has 2 aromatic rings. The second kappa shape index (κ2) is 3.97. The Hall–Kier alpha value is -1.75. The van der Waals surface area contributed by atoms with Crippen LogP contribution in [0.1, 0.15) is 5.56 Å². The van der Waals surface area contributed by atoms with E-state index in [9.17, 15) is 0 Å². The number of nitrogens with two attached hydrogens (primary N) is 1. The lowest BCUT2D eigenvalue weighted by Crippen LogP contribution is -2.02. The van der Waals surface area contributed by atoms with Crippen LogP contribution in [0.25, 0.3) is 5.82 Å². The van der Waals surface area contributed by atoms with E-state index in [1.807, 2.05) is 6.20 Å². The monoisotopic (exact) mass is 189 g/mol. The molecule has 0 spiro atoms. The van der Waals surface area contributed by atoms with Gasteiger partial charge in [0.1, 0.15) is 6.33 Å². The van der Waals surface area contributed by atoms with Gasteiger partial charge in [-0.3, -0.25) is 0 Å². The maximum Gasteiger partial charge on any atom is 0.156 e. The minimum Gasteiger partial charge on any atom is -0.330 e. The second-order valence-corrected chi connectivity index (χ2v) is 2.90. The standard InChI is InChI=1S/C9H11N5/c10-3-1-8-5-13-14(6-8)9-2-4-11-7-12-9/h2,4-7H,1,3,10H2. The van der Waals surface area contributed by atoms with Gasteiger partial charge in [-0.2, -0.15) is 5.10 Å². The largest absolute Gasteiger partial charge is 0.330 e. The topological polar surface area (TPSA) is 69.6 Å². The highest BCUT2D eigenvalue weighted by atomic mass is 15.3. The molecule has 2 heterocycles. The number of aromatic nitrogens is 4. The van der Waals surface area contributed by atoms with E-state index < -0.39 is 0 Å². The fourth-order valence-electron chi connectivity index (χ4n) is 1.20. The van der Waals surface area contributed by atoms with E-state index in [2.05, 4.69) is 15.1 Å². The van der Waals surface area contributed by atoms with Crippen molar-refractivity contribution in [3.8, 4) is 5.82 Å². The summed E-state index contributed by atoms with van der Waals surface area (Å²) in [7, 11) is 0. The first-order chi connectivity index (χ1) is 6.90. The summed E-state index contributed by atoms with van der Waals surface area (Å²) in [5.41, 5.74) is 6.56. The van der Waals surface area contributed by atoms with Crippen molar-refractivity contribution in [1.82, 2.24) is 19.7 Å². The Morgan fingerprint density at radius 2 is 2.36 bits per heavy atom. The third-order valence-corrected chi connectivity index (χ3v) is 1.87. The molecule has 0 saturated heterocycles. The van der Waals surface area contributed by atoms with Crippen LogP contribution in [-0.4, -0.2) is 26.3 Å². The Labute approximate surface area is 81.6 Å². The summed E-state index contributed by atoms with van der Waals surface area (Å²) in [4.78, 5) is 7.92. The Morgan fingerprint density at radius 1 is 1.43 bits per heavy atom. The maximum absolute atomic E-state index is 5.45. The Bertz CT molecular complexity index is 395. The lowest BCUT2D eigenvalue weighted by Gasteiger charge is -1.96. The van der Waals surface area contributed by atoms with Gasteiger partial charge in [0, 0.05) is 18.5 Å². The lowest BCUT2D eigenvalue weighted by atomic mass is 10.3. The lowest BCUT2D eigenvalue weighted by molar-refractivity contribution is 0.838. The molecule has 0 amide bonds. The molecule has 5 heteroatoms. The minimum atomic E-state index is 0.634. The molecule has 0 fully saturated rings. The van der Waals surface area contributed by atoms with Gasteiger partial charge >= 0.3 is 0 Å². The van der Waals surface area contributed by atoms with Crippen LogP contribution in [0.3, 0.4) is 0 Å². The predicted molar refractivity (Wildman–Crippen MR) is 51.9 cm³/mol. The zero-order chi connectivity index (χ0) is 9.80. The molecule has 0 radical (unpaired) electrons. The summed E-state index contributed by atoms with van der Waals surface area (Å²) in [6.45, 7) is 0.634. The Morgan fingerprint density at radius 3 is 3.07 bits per heavy atom. The van der Waals surface area contributed by atoms with Crippen molar-refractivity contribution in [1.29, 1.82) is 0 Å². The van der Waals surface area contributed by atoms with E-state index in [4.69, 9.17) is 5.73 Å². The van der Waals surface area contributed by atoms with E-state index >= 15 is 0 Å². The van der Waals surface area contributed by atoms with Gasteiger partial charge in [0.15, 0.2) is 5.82 Å². The molecule has 2 rings (SSSR count). The minimum absolute atomic E-state index is 0.634. The zero-order valence-corrected chi connectivity index (χ0v) is 7.67. The first-order valence-electron chi connectivity index (χ1n) is 4.40. The molecule has 0 aliphatic rings. The summed E-state index contributed by atoms with van der Waals surface area (Å²) in [5, 5.41) is 4.18. The quantitative estimate of drug-likeness (QED) is 0.746. The zero-order valence-electron chi connectivity index (χ0n) is 7.67. The van der Waals surface area contributed by atoms with Crippen molar-refractivity contribution in [2.75, 3.05) is 6.54 Å². The van der Waals surface area contributed by atoms with E-state index in [0.29, 0.717) is 6.54 Å². The summed E-state index contributed by atoms with van der Waals surface area (Å²) < 4.78 is 1.71. The third-order valence-electron chi connectivity index (χ3n) is 1.87. The Balaban J connectivity index is 2.25. The number of nitrogens with zero attached hydrogens (tertiary/aromatic N) is 4. The van der Waals surface area contributed by atoms with Crippen molar-refractivity contribution >= 4 is 0 Å². The van der Waals surface area contributed by atoms with Crippen molar-refractivity contribution in [2.45, 2.75) is 6.42 Å². The Kier molecular flexibility index (Phi) is 2.51. The molecule has 0 aliphatic heterocycles. The van der Waals surface area contributed by atoms with Gasteiger partial charge in [0.25, 0.3) is 0 Å². The van der Waals surface area contributed by atoms with Crippen LogP contribution in [0.2, 0.25) is 0 Å². The maximum atomic E-state index is 5.45. The highest BCUT2D eigenvalue weighted by Gasteiger charge is 1.99. The van der Waals surface area contributed by atoms with Crippen molar-refractivity contribution in [3.05, 3.63) is 36.5 Å². The van der Waals surface area contributed by atoms with E-state index in [1.165, 1.54) is 6.33 Å². The van der Waals surface area contributed by atoms with Gasteiger partial charge in [-0.15, -0.1) is 0 Å².